The quantitative estimate of drug-likeness (QED) is 0.516. The first kappa shape index (κ1) is 24.2. The molecule has 0 aliphatic carbocycles. The molecule has 11 nitrogen and oxygen atoms in total. The van der Waals surface area contributed by atoms with Crippen molar-refractivity contribution >= 4 is 29.1 Å². The minimum Gasteiger partial charge on any atom is -0.444 e. The third kappa shape index (κ3) is 5.59. The molecule has 0 bridgehead atoms. The lowest BCUT2D eigenvalue weighted by molar-refractivity contribution is -0.117. The van der Waals surface area contributed by atoms with Crippen LogP contribution in [0.25, 0.3) is 11.5 Å². The largest absolute Gasteiger partial charge is 0.444 e. The first-order valence-corrected chi connectivity index (χ1v) is 10.5. The third-order valence-corrected chi connectivity index (χ3v) is 5.36. The fourth-order valence-electron chi connectivity index (χ4n) is 3.55. The number of aryl methyl sites for hydroxylation is 1. The van der Waals surface area contributed by atoms with E-state index in [-0.39, 0.29) is 29.4 Å². The molecule has 14 heteroatoms. The van der Waals surface area contributed by atoms with Crippen molar-refractivity contribution in [1.82, 2.24) is 24.6 Å². The number of nitrogens with zero attached hydrogens (tertiary/aromatic N) is 6. The van der Waals surface area contributed by atoms with E-state index < -0.39 is 18.6 Å². The third-order valence-electron chi connectivity index (χ3n) is 5.36. The second kappa shape index (κ2) is 9.37. The Balaban J connectivity index is 1.49. The van der Waals surface area contributed by atoms with Gasteiger partial charge in [0.15, 0.2) is 11.5 Å². The molecule has 2 N–H and O–H groups in total. The zero-order valence-electron chi connectivity index (χ0n) is 19.1. The molecule has 0 spiro atoms. The molecule has 1 saturated heterocycles. The lowest BCUT2D eigenvalue weighted by Gasteiger charge is -2.19. The maximum Gasteiger partial charge on any atom is 0.405 e. The number of alkyl halides is 3. The van der Waals surface area contributed by atoms with E-state index in [1.807, 2.05) is 19.0 Å². The number of carbonyl (C=O) groups excluding carboxylic acids is 2. The number of anilines is 3. The summed E-state index contributed by atoms with van der Waals surface area (Å²) in [6.07, 6.45) is -0.0492. The van der Waals surface area contributed by atoms with Crippen molar-refractivity contribution < 1.29 is 27.2 Å². The van der Waals surface area contributed by atoms with Gasteiger partial charge in [0.2, 0.25) is 11.8 Å². The molecule has 186 valence electrons. The van der Waals surface area contributed by atoms with E-state index in [2.05, 4.69) is 25.7 Å². The molecule has 1 aliphatic heterocycles. The van der Waals surface area contributed by atoms with Crippen molar-refractivity contribution in [2.45, 2.75) is 18.6 Å². The van der Waals surface area contributed by atoms with Crippen LogP contribution in [-0.4, -0.2) is 75.9 Å². The predicted molar refractivity (Wildman–Crippen MR) is 120 cm³/mol. The number of amides is 2. The van der Waals surface area contributed by atoms with Gasteiger partial charge in [-0.2, -0.15) is 18.3 Å². The molecule has 4 heterocycles. The average Bonchev–Trinajstić information content (AvgIpc) is 3.50. The van der Waals surface area contributed by atoms with Crippen LogP contribution in [0.1, 0.15) is 16.9 Å². The van der Waals surface area contributed by atoms with E-state index in [4.69, 9.17) is 4.42 Å². The Labute approximate surface area is 197 Å². The average molecular weight is 492 g/mol. The molecule has 0 aromatic carbocycles. The molecule has 35 heavy (non-hydrogen) atoms. The number of pyridine rings is 1. The first-order chi connectivity index (χ1) is 16.5. The lowest BCUT2D eigenvalue weighted by atomic mass is 10.2. The molecule has 1 fully saturated rings. The lowest BCUT2D eigenvalue weighted by Crippen LogP contribution is -2.32. The highest BCUT2D eigenvalue weighted by Gasteiger charge is 2.35. The first-order valence-electron chi connectivity index (χ1n) is 10.5. The van der Waals surface area contributed by atoms with Crippen LogP contribution in [0.15, 0.2) is 35.2 Å². The van der Waals surface area contributed by atoms with Crippen LogP contribution in [0.3, 0.4) is 0 Å². The van der Waals surface area contributed by atoms with Gasteiger partial charge in [0, 0.05) is 37.8 Å². The summed E-state index contributed by atoms with van der Waals surface area (Å²) in [7, 11) is 5.46. The van der Waals surface area contributed by atoms with Gasteiger partial charge in [-0.05, 0) is 26.2 Å². The standard InChI is InChI=1S/C21H23F3N8O3/c1-30(2)13-7-17(33)32(8-13)18-14(9-31(3)29-18)27-19(34)15-10-35-20(28-15)12-4-5-25-16(6-12)26-11-21(22,23)24/h4-6,9-10,13H,7-8,11H2,1-3H3,(H,25,26)(H,27,34)/t13-/m0/s1. The van der Waals surface area contributed by atoms with Crippen LogP contribution in [0, 0.1) is 0 Å². The van der Waals surface area contributed by atoms with Gasteiger partial charge >= 0.3 is 6.18 Å². The number of likely N-dealkylation sites (N-methyl/N-ethyl adjacent to an activating group) is 1. The van der Waals surface area contributed by atoms with Crippen molar-refractivity contribution in [3.8, 4) is 11.5 Å². The van der Waals surface area contributed by atoms with Gasteiger partial charge in [0.05, 0.1) is 6.20 Å². The molecule has 4 rings (SSSR count). The summed E-state index contributed by atoms with van der Waals surface area (Å²) >= 11 is 0. The molecule has 2 amide bonds. The highest BCUT2D eigenvalue weighted by molar-refractivity contribution is 6.06. The number of carbonyl (C=O) groups is 2. The number of nitrogens with one attached hydrogen (secondary N) is 2. The highest BCUT2D eigenvalue weighted by atomic mass is 19.4. The Kier molecular flexibility index (Phi) is 6.47. The van der Waals surface area contributed by atoms with E-state index in [1.165, 1.54) is 27.9 Å². The Morgan fingerprint density at radius 2 is 2.11 bits per heavy atom. The molecular formula is C21H23F3N8O3. The number of aromatic nitrogens is 4. The topological polar surface area (TPSA) is 121 Å². The molecule has 3 aromatic rings. The van der Waals surface area contributed by atoms with E-state index in [1.54, 1.807) is 13.2 Å². The van der Waals surface area contributed by atoms with Gasteiger partial charge < -0.3 is 20.0 Å². The van der Waals surface area contributed by atoms with Gasteiger partial charge in [0.25, 0.3) is 5.91 Å². The minimum atomic E-state index is -4.40. The van der Waals surface area contributed by atoms with Crippen LogP contribution < -0.4 is 15.5 Å². The monoisotopic (exact) mass is 492 g/mol. The molecule has 0 saturated carbocycles. The van der Waals surface area contributed by atoms with E-state index in [0.29, 0.717) is 30.0 Å². The number of rotatable bonds is 7. The Hall–Kier alpha value is -3.94. The maximum absolute atomic E-state index is 12.8. The zero-order valence-corrected chi connectivity index (χ0v) is 19.1. The Bertz CT molecular complexity index is 1240. The van der Waals surface area contributed by atoms with E-state index in [0.717, 1.165) is 6.26 Å². The second-order valence-corrected chi connectivity index (χ2v) is 8.26. The molecule has 1 atom stereocenters. The number of hydrogen-bond donors (Lipinski definition) is 2. The maximum atomic E-state index is 12.8. The summed E-state index contributed by atoms with van der Waals surface area (Å²) in [6.45, 7) is -0.808. The van der Waals surface area contributed by atoms with Gasteiger partial charge in [0.1, 0.15) is 24.3 Å². The normalized spacial score (nSPS) is 16.3. The zero-order chi connectivity index (χ0) is 25.3. The summed E-state index contributed by atoms with van der Waals surface area (Å²) in [5.41, 5.74) is 0.607. The summed E-state index contributed by atoms with van der Waals surface area (Å²) < 4.78 is 44.2. The molecule has 3 aromatic heterocycles. The summed E-state index contributed by atoms with van der Waals surface area (Å²) in [6, 6.07) is 2.85. The minimum absolute atomic E-state index is 0.0182. The SMILES string of the molecule is CN(C)[C@H]1CC(=O)N(c2nn(C)cc2NC(=O)c2coc(-c3ccnc(NCC(F)(F)F)c3)n2)C1. The van der Waals surface area contributed by atoms with Gasteiger partial charge in [-0.15, -0.1) is 0 Å². The molecule has 0 unspecified atom stereocenters. The number of oxazole rings is 1. The van der Waals surface area contributed by atoms with Crippen LogP contribution in [0.2, 0.25) is 0 Å². The summed E-state index contributed by atoms with van der Waals surface area (Å²) in [4.78, 5) is 36.8. The smallest absolute Gasteiger partial charge is 0.405 e. The van der Waals surface area contributed by atoms with Crippen LogP contribution in [0.5, 0.6) is 0 Å². The van der Waals surface area contributed by atoms with Crippen molar-refractivity contribution in [2.24, 2.45) is 7.05 Å². The van der Waals surface area contributed by atoms with Gasteiger partial charge in [-0.25, -0.2) is 9.97 Å². The van der Waals surface area contributed by atoms with Crippen molar-refractivity contribution in [3.05, 3.63) is 36.5 Å². The van der Waals surface area contributed by atoms with E-state index in [9.17, 15) is 22.8 Å². The second-order valence-electron chi connectivity index (χ2n) is 8.26. The fourth-order valence-corrected chi connectivity index (χ4v) is 3.55. The van der Waals surface area contributed by atoms with Crippen molar-refractivity contribution in [3.63, 3.8) is 0 Å². The number of hydrogen-bond acceptors (Lipinski definition) is 8. The van der Waals surface area contributed by atoms with Crippen LogP contribution in [0.4, 0.5) is 30.5 Å². The molecule has 0 radical (unpaired) electrons. The summed E-state index contributed by atoms with van der Waals surface area (Å²) in [5.74, 6) is -0.366. The van der Waals surface area contributed by atoms with Crippen LogP contribution >= 0.6 is 0 Å². The number of halogens is 3. The Morgan fingerprint density at radius 1 is 1.34 bits per heavy atom. The van der Waals surface area contributed by atoms with Crippen molar-refractivity contribution in [1.29, 1.82) is 0 Å². The molecule has 1 aliphatic rings. The van der Waals surface area contributed by atoms with Gasteiger partial charge in [-0.1, -0.05) is 0 Å². The fraction of sp³-hybridized carbons (Fsp3) is 0.381. The van der Waals surface area contributed by atoms with Gasteiger partial charge in [-0.3, -0.25) is 19.2 Å². The van der Waals surface area contributed by atoms with Crippen LogP contribution in [-0.2, 0) is 11.8 Å². The predicted octanol–water partition coefficient (Wildman–Crippen LogP) is 2.36. The van der Waals surface area contributed by atoms with Crippen molar-refractivity contribution in [2.75, 3.05) is 42.7 Å². The summed E-state index contributed by atoms with van der Waals surface area (Å²) in [5, 5.41) is 9.21. The highest BCUT2D eigenvalue weighted by Crippen LogP contribution is 2.30. The molecular weight excluding hydrogens is 469 g/mol. The van der Waals surface area contributed by atoms with E-state index >= 15 is 0 Å². The Morgan fingerprint density at radius 3 is 2.80 bits per heavy atom.